The molecule has 0 spiro atoms. The fourth-order valence-corrected chi connectivity index (χ4v) is 10.1. The number of phosphoric ester groups is 1. The third kappa shape index (κ3) is 64.5. The van der Waals surface area contributed by atoms with Crippen LogP contribution in [0.3, 0.4) is 0 Å². The Bertz CT molecular complexity index is 1920. The van der Waals surface area contributed by atoms with Gasteiger partial charge in [-0.05, 0) is 122 Å². The molecule has 2 N–H and O–H groups in total. The molecule has 0 saturated carbocycles. The zero-order chi connectivity index (χ0) is 62.1. The van der Waals surface area contributed by atoms with Crippen LogP contribution in [0.4, 0.5) is 0 Å². The first-order valence-electron chi connectivity index (χ1n) is 34.5. The quantitative estimate of drug-likeness (QED) is 0.0205. The highest BCUT2D eigenvalue weighted by Crippen LogP contribution is 2.43. The molecule has 0 aliphatic heterocycles. The number of esters is 1. The van der Waals surface area contributed by atoms with Crippen molar-refractivity contribution in [2.45, 2.75) is 290 Å². The van der Waals surface area contributed by atoms with Crippen molar-refractivity contribution in [1.29, 1.82) is 0 Å². The Balaban J connectivity index is 5.12. The number of unbranched alkanes of at least 4 members (excludes halogenated alkanes) is 25. The summed E-state index contributed by atoms with van der Waals surface area (Å²) in [6.45, 7) is 6.77. The minimum absolute atomic E-state index is 0.0300. The molecule has 3 atom stereocenters. The highest BCUT2D eigenvalue weighted by molar-refractivity contribution is 7.47. The van der Waals surface area contributed by atoms with Gasteiger partial charge in [-0.1, -0.05) is 277 Å². The van der Waals surface area contributed by atoms with E-state index in [4.69, 9.17) is 13.8 Å². The third-order valence-corrected chi connectivity index (χ3v) is 15.6. The van der Waals surface area contributed by atoms with Gasteiger partial charge in [0.1, 0.15) is 19.3 Å². The largest absolute Gasteiger partial charge is 0.472 e. The second kappa shape index (κ2) is 63.2. The second-order valence-corrected chi connectivity index (χ2v) is 25.4. The number of quaternary nitrogens is 1. The number of ether oxygens (including phenoxy) is 1. The maximum atomic E-state index is 13.6. The lowest BCUT2D eigenvalue weighted by Gasteiger charge is -2.27. The Hall–Kier alpha value is -3.85. The molecule has 0 aromatic rings. The summed E-state index contributed by atoms with van der Waals surface area (Å²) in [7, 11) is 1.47. The van der Waals surface area contributed by atoms with E-state index in [1.165, 1.54) is 96.3 Å². The number of nitrogens with zero attached hydrogens (tertiary/aromatic N) is 1. The van der Waals surface area contributed by atoms with Crippen LogP contribution in [-0.2, 0) is 27.9 Å². The fourth-order valence-electron chi connectivity index (χ4n) is 9.35. The summed E-state index contributed by atoms with van der Waals surface area (Å²) in [5.74, 6) is -0.531. The Morgan fingerprint density at radius 3 is 1.13 bits per heavy atom. The number of rotatable bonds is 61. The number of likely N-dealkylation sites (N-methyl/N-ethyl adjacent to an activating group) is 1. The molecule has 0 heterocycles. The van der Waals surface area contributed by atoms with E-state index in [9.17, 15) is 19.0 Å². The van der Waals surface area contributed by atoms with Crippen molar-refractivity contribution in [2.24, 2.45) is 0 Å². The number of hydrogen-bond acceptors (Lipinski definition) is 6. The summed E-state index contributed by atoms with van der Waals surface area (Å²) in [5.41, 5.74) is 0. The predicted octanol–water partition coefficient (Wildman–Crippen LogP) is 22.0. The lowest BCUT2D eigenvalue weighted by Crippen LogP contribution is -2.47. The molecular formula is C75H130N2O7P+. The molecule has 0 saturated heterocycles. The standard InChI is InChI=1S/C75H129N2O7P/c1-7-10-13-16-19-22-25-27-29-31-33-35-37-38-40-41-43-45-47-49-52-55-58-61-64-67-74(78)76-72(71-83-85(80,81)82-70-69-77(4,5)6)73(66-63-60-57-54-51-24-21-18-15-12-9-3)84-75(79)68-65-62-59-56-53-50-48-46-44-42-39-36-34-32-30-28-26-23-20-17-14-11-8-2/h10-11,13-14,19-20,22-23,27-30,33-36,38,40,42,44,63,66,72-73H,7-9,12,15-18,21,24-26,31-32,37,39,41,43,45-62,64-65,67-71H2,1-6H3,(H-,76,78,80,81)/p+1/b13-10-,14-11-,22-19-,23-20-,29-27-,30-28-,35-33-,36-34-,40-38-,44-42-,66-63+. The van der Waals surface area contributed by atoms with E-state index in [0.717, 1.165) is 148 Å². The van der Waals surface area contributed by atoms with Crippen LogP contribution in [0.15, 0.2) is 134 Å². The molecule has 3 unspecified atom stereocenters. The van der Waals surface area contributed by atoms with E-state index < -0.39 is 20.0 Å². The lowest BCUT2D eigenvalue weighted by molar-refractivity contribution is -0.870. The molecule has 0 radical (unpaired) electrons. The number of carbonyl (C=O) groups is 2. The van der Waals surface area contributed by atoms with Crippen molar-refractivity contribution >= 4 is 19.7 Å². The molecule has 0 aromatic carbocycles. The van der Waals surface area contributed by atoms with Gasteiger partial charge >= 0.3 is 13.8 Å². The van der Waals surface area contributed by atoms with Gasteiger partial charge in [0.05, 0.1) is 33.8 Å². The number of phosphoric acid groups is 1. The van der Waals surface area contributed by atoms with Crippen LogP contribution in [0.1, 0.15) is 278 Å². The summed E-state index contributed by atoms with van der Waals surface area (Å²) in [6.07, 6.45) is 90.3. The normalized spacial score (nSPS) is 14.4. The fraction of sp³-hybridized carbons (Fsp3) is 0.680. The van der Waals surface area contributed by atoms with E-state index >= 15 is 0 Å². The summed E-state index contributed by atoms with van der Waals surface area (Å²) in [4.78, 5) is 37.9. The van der Waals surface area contributed by atoms with Gasteiger partial charge in [0.25, 0.3) is 0 Å². The maximum absolute atomic E-state index is 13.6. The van der Waals surface area contributed by atoms with Gasteiger partial charge in [-0.2, -0.15) is 0 Å². The molecule has 486 valence electrons. The van der Waals surface area contributed by atoms with Crippen LogP contribution in [0, 0.1) is 0 Å². The third-order valence-electron chi connectivity index (χ3n) is 14.6. The van der Waals surface area contributed by atoms with Crippen LogP contribution in [0.25, 0.3) is 0 Å². The van der Waals surface area contributed by atoms with Gasteiger partial charge in [0.15, 0.2) is 0 Å². The molecule has 0 bridgehead atoms. The van der Waals surface area contributed by atoms with E-state index in [0.29, 0.717) is 17.4 Å². The van der Waals surface area contributed by atoms with Crippen molar-refractivity contribution in [2.75, 3.05) is 40.9 Å². The summed E-state index contributed by atoms with van der Waals surface area (Å²) in [5, 5.41) is 3.06. The topological polar surface area (TPSA) is 111 Å². The zero-order valence-electron chi connectivity index (χ0n) is 55.6. The van der Waals surface area contributed by atoms with Crippen LogP contribution >= 0.6 is 7.82 Å². The van der Waals surface area contributed by atoms with Gasteiger partial charge in [0.2, 0.25) is 5.91 Å². The summed E-state index contributed by atoms with van der Waals surface area (Å²) < 4.78 is 30.8. The molecule has 0 rings (SSSR count). The Kier molecular flexibility index (Phi) is 60.3. The maximum Gasteiger partial charge on any atom is 0.472 e. The minimum atomic E-state index is -4.47. The Labute approximate surface area is 524 Å². The smallest absolute Gasteiger partial charge is 0.456 e. The number of hydrogen-bond donors (Lipinski definition) is 2. The molecule has 0 fully saturated rings. The molecule has 85 heavy (non-hydrogen) atoms. The lowest BCUT2D eigenvalue weighted by atomic mass is 10.0. The van der Waals surface area contributed by atoms with Crippen molar-refractivity contribution in [3.8, 4) is 0 Å². The average molecular weight is 1200 g/mol. The highest BCUT2D eigenvalue weighted by atomic mass is 31.2. The van der Waals surface area contributed by atoms with E-state index in [1.807, 2.05) is 33.3 Å². The van der Waals surface area contributed by atoms with Crippen molar-refractivity contribution in [1.82, 2.24) is 5.32 Å². The summed E-state index contributed by atoms with van der Waals surface area (Å²) >= 11 is 0. The van der Waals surface area contributed by atoms with E-state index in [2.05, 4.69) is 148 Å². The Morgan fingerprint density at radius 1 is 0.424 bits per heavy atom. The van der Waals surface area contributed by atoms with Gasteiger partial charge in [-0.3, -0.25) is 18.6 Å². The second-order valence-electron chi connectivity index (χ2n) is 23.9. The average Bonchev–Trinajstić information content (AvgIpc) is 3.64. The monoisotopic (exact) mass is 1200 g/mol. The van der Waals surface area contributed by atoms with E-state index in [-0.39, 0.29) is 31.5 Å². The molecule has 0 aliphatic rings. The number of amides is 1. The number of allylic oxidation sites excluding steroid dienone is 21. The van der Waals surface area contributed by atoms with Gasteiger partial charge in [0, 0.05) is 12.8 Å². The highest BCUT2D eigenvalue weighted by Gasteiger charge is 2.30. The van der Waals surface area contributed by atoms with E-state index in [1.54, 1.807) is 0 Å². The summed E-state index contributed by atoms with van der Waals surface area (Å²) in [6, 6.07) is -0.867. The molecule has 1 amide bonds. The first kappa shape index (κ1) is 81.2. The first-order valence-corrected chi connectivity index (χ1v) is 36.0. The molecule has 9 nitrogen and oxygen atoms in total. The SMILES string of the molecule is CC/C=C\C/C=C\C/C=C\C/C=C\C/C=C\CCCCCCCCCCCC(=O)NC(COP(=O)(O)OCC[N+](C)(C)C)C(/C=C/CCCCCCCCCCC)OC(=O)CCCCCCCCC/C=C\C/C=C\C/C=C\C/C=C\C/C=C\CC. The van der Waals surface area contributed by atoms with Crippen LogP contribution in [-0.4, -0.2) is 74.3 Å². The number of nitrogens with one attached hydrogen (secondary N) is 1. The van der Waals surface area contributed by atoms with Crippen molar-refractivity contribution in [3.05, 3.63) is 134 Å². The molecule has 0 aromatic heterocycles. The predicted molar refractivity (Wildman–Crippen MR) is 369 cm³/mol. The number of carbonyl (C=O) groups excluding carboxylic acids is 2. The van der Waals surface area contributed by atoms with Crippen LogP contribution in [0.5, 0.6) is 0 Å². The molecule has 10 heteroatoms. The zero-order valence-corrected chi connectivity index (χ0v) is 56.4. The molecule has 0 aliphatic carbocycles. The minimum Gasteiger partial charge on any atom is -0.456 e. The van der Waals surface area contributed by atoms with Gasteiger partial charge in [-0.15, -0.1) is 0 Å². The first-order chi connectivity index (χ1) is 41.4. The van der Waals surface area contributed by atoms with Crippen LogP contribution < -0.4 is 5.32 Å². The Morgan fingerprint density at radius 2 is 0.753 bits per heavy atom. The van der Waals surface area contributed by atoms with Gasteiger partial charge in [-0.25, -0.2) is 4.57 Å². The van der Waals surface area contributed by atoms with Crippen molar-refractivity contribution in [3.63, 3.8) is 0 Å². The van der Waals surface area contributed by atoms with Crippen molar-refractivity contribution < 1.29 is 37.3 Å². The molecular weight excluding hydrogens is 1070 g/mol. The van der Waals surface area contributed by atoms with Gasteiger partial charge < -0.3 is 19.4 Å². The van der Waals surface area contributed by atoms with Crippen LogP contribution in [0.2, 0.25) is 0 Å².